The van der Waals surface area contributed by atoms with Crippen molar-refractivity contribution in [3.8, 4) is 0 Å². The van der Waals surface area contributed by atoms with Gasteiger partial charge in [0.05, 0.1) is 58.9 Å². The normalized spacial score (nSPS) is 12.9. The zero-order valence-corrected chi connectivity index (χ0v) is 23.5. The molecule has 0 aromatic rings. The highest BCUT2D eigenvalue weighted by Gasteiger charge is 2.27. The van der Waals surface area contributed by atoms with Crippen LogP contribution in [0.5, 0.6) is 0 Å². The fourth-order valence-corrected chi connectivity index (χ4v) is 2.72. The van der Waals surface area contributed by atoms with Crippen LogP contribution in [0, 0.1) is 5.41 Å². The Bertz CT molecular complexity index is 563. The first-order chi connectivity index (χ1) is 15.8. The summed E-state index contributed by atoms with van der Waals surface area (Å²) < 4.78 is 33.0. The summed E-state index contributed by atoms with van der Waals surface area (Å²) >= 11 is 0. The maximum Gasteiger partial charge on any atom is 0.308 e. The summed E-state index contributed by atoms with van der Waals surface area (Å²) in [5.74, 6) is -0.996. The molecule has 0 amide bonds. The molecule has 0 N–H and O–H groups in total. The van der Waals surface area contributed by atoms with Crippen molar-refractivity contribution in [2.45, 2.75) is 105 Å². The molecule has 0 aliphatic heterocycles. The van der Waals surface area contributed by atoms with Gasteiger partial charge in [0, 0.05) is 5.41 Å². The van der Waals surface area contributed by atoms with Gasteiger partial charge in [-0.25, -0.2) is 0 Å². The number of ether oxygens (including phenoxy) is 6. The number of esters is 3. The molecule has 0 saturated heterocycles. The monoisotopic (exact) mass is 504 g/mol. The van der Waals surface area contributed by atoms with E-state index in [4.69, 9.17) is 28.4 Å². The van der Waals surface area contributed by atoms with E-state index < -0.39 is 22.2 Å². The van der Waals surface area contributed by atoms with Crippen molar-refractivity contribution in [2.24, 2.45) is 5.41 Å². The van der Waals surface area contributed by atoms with Gasteiger partial charge in [0.1, 0.15) is 16.8 Å². The van der Waals surface area contributed by atoms with Crippen LogP contribution in [-0.2, 0) is 42.8 Å². The van der Waals surface area contributed by atoms with Crippen LogP contribution < -0.4 is 0 Å². The third kappa shape index (κ3) is 21.3. The van der Waals surface area contributed by atoms with Crippen LogP contribution in [0.4, 0.5) is 0 Å². The first kappa shape index (κ1) is 33.3. The molecule has 0 saturated carbocycles. The van der Waals surface area contributed by atoms with E-state index in [0.29, 0.717) is 0 Å². The summed E-state index contributed by atoms with van der Waals surface area (Å²) in [6, 6.07) is 0. The van der Waals surface area contributed by atoms with Crippen LogP contribution in [-0.4, -0.2) is 74.4 Å². The van der Waals surface area contributed by atoms with Gasteiger partial charge in [-0.2, -0.15) is 0 Å². The molecule has 0 heterocycles. The maximum absolute atomic E-state index is 11.9. The molecule has 0 radical (unpaired) electrons. The lowest BCUT2D eigenvalue weighted by atomic mass is 9.94. The lowest BCUT2D eigenvalue weighted by Gasteiger charge is -2.29. The molecule has 0 fully saturated rings. The Morgan fingerprint density at radius 3 is 0.886 bits per heavy atom. The van der Waals surface area contributed by atoms with Gasteiger partial charge in [0.15, 0.2) is 0 Å². The van der Waals surface area contributed by atoms with Gasteiger partial charge in [-0.05, 0) is 62.3 Å². The van der Waals surface area contributed by atoms with Crippen molar-refractivity contribution in [1.29, 1.82) is 0 Å². The van der Waals surface area contributed by atoms with Crippen LogP contribution in [0.25, 0.3) is 0 Å². The number of hydrogen-bond donors (Lipinski definition) is 0. The Kier molecular flexibility index (Phi) is 14.0. The van der Waals surface area contributed by atoms with Crippen molar-refractivity contribution in [3.05, 3.63) is 0 Å². The summed E-state index contributed by atoms with van der Waals surface area (Å²) in [7, 11) is 0. The zero-order chi connectivity index (χ0) is 27.3. The van der Waals surface area contributed by atoms with Gasteiger partial charge in [-0.15, -0.1) is 0 Å². The Morgan fingerprint density at radius 2 is 0.686 bits per heavy atom. The molecule has 0 spiro atoms. The van der Waals surface area contributed by atoms with E-state index in [1.165, 1.54) is 0 Å². The Morgan fingerprint density at radius 1 is 0.457 bits per heavy atom. The standard InChI is InChI=1S/C26H48O9/c1-23(2,3)33-20(27)11-14-30-17-26(10,18-31-15-12-21(28)34-24(4,5)6)19-32-16-13-22(29)35-25(7,8)9/h11-19H2,1-10H3. The van der Waals surface area contributed by atoms with Gasteiger partial charge in [-0.1, -0.05) is 6.92 Å². The van der Waals surface area contributed by atoms with Crippen molar-refractivity contribution in [3.63, 3.8) is 0 Å². The first-order valence-electron chi connectivity index (χ1n) is 12.2. The van der Waals surface area contributed by atoms with Gasteiger partial charge in [-0.3, -0.25) is 14.4 Å². The smallest absolute Gasteiger partial charge is 0.308 e. The lowest BCUT2D eigenvalue weighted by molar-refractivity contribution is -0.157. The maximum atomic E-state index is 11.9. The quantitative estimate of drug-likeness (QED) is 0.184. The Balaban J connectivity index is 4.66. The topological polar surface area (TPSA) is 107 Å². The average Bonchev–Trinajstić information content (AvgIpc) is 2.62. The van der Waals surface area contributed by atoms with E-state index in [-0.39, 0.29) is 76.8 Å². The van der Waals surface area contributed by atoms with E-state index in [2.05, 4.69) is 0 Å². The summed E-state index contributed by atoms with van der Waals surface area (Å²) in [4.78, 5) is 35.7. The highest BCUT2D eigenvalue weighted by atomic mass is 16.6. The molecule has 9 heteroatoms. The Hall–Kier alpha value is -1.71. The highest BCUT2D eigenvalue weighted by molar-refractivity contribution is 5.70. The molecule has 0 aromatic carbocycles. The second kappa shape index (κ2) is 14.8. The van der Waals surface area contributed by atoms with Crippen LogP contribution in [0.2, 0.25) is 0 Å². The minimum Gasteiger partial charge on any atom is -0.460 e. The summed E-state index contributed by atoms with van der Waals surface area (Å²) in [6.45, 7) is 19.6. The summed E-state index contributed by atoms with van der Waals surface area (Å²) in [5, 5.41) is 0. The fourth-order valence-electron chi connectivity index (χ4n) is 2.72. The van der Waals surface area contributed by atoms with Crippen molar-refractivity contribution >= 4 is 17.9 Å². The molecule has 9 nitrogen and oxygen atoms in total. The molecular formula is C26H48O9. The van der Waals surface area contributed by atoms with E-state index in [1.54, 1.807) is 0 Å². The second-order valence-electron chi connectivity index (χ2n) is 12.0. The molecule has 206 valence electrons. The molecule has 35 heavy (non-hydrogen) atoms. The predicted molar refractivity (Wildman–Crippen MR) is 132 cm³/mol. The highest BCUT2D eigenvalue weighted by Crippen LogP contribution is 2.20. The first-order valence-corrected chi connectivity index (χ1v) is 12.2. The minimum atomic E-state index is -0.560. The summed E-state index contributed by atoms with van der Waals surface area (Å²) in [6.07, 6.45) is 0.394. The number of rotatable bonds is 15. The summed E-state index contributed by atoms with van der Waals surface area (Å²) in [5.41, 5.74) is -2.20. The minimum absolute atomic E-state index is 0.131. The SMILES string of the molecule is CC(COCCC(=O)OC(C)(C)C)(COCCC(=O)OC(C)(C)C)COCCC(=O)OC(C)(C)C. The average molecular weight is 505 g/mol. The van der Waals surface area contributed by atoms with E-state index in [0.717, 1.165) is 0 Å². The van der Waals surface area contributed by atoms with Gasteiger partial charge in [0.25, 0.3) is 0 Å². The van der Waals surface area contributed by atoms with Crippen LogP contribution in [0.15, 0.2) is 0 Å². The third-order valence-electron chi connectivity index (χ3n) is 3.96. The molecule has 0 aromatic heterocycles. The number of hydrogen-bond acceptors (Lipinski definition) is 9. The predicted octanol–water partition coefficient (Wildman–Crippen LogP) is 4.24. The van der Waals surface area contributed by atoms with E-state index in [9.17, 15) is 14.4 Å². The molecule has 0 rings (SSSR count). The van der Waals surface area contributed by atoms with Gasteiger partial charge < -0.3 is 28.4 Å². The lowest BCUT2D eigenvalue weighted by Crippen LogP contribution is -2.35. The molecule has 0 unspecified atom stereocenters. The zero-order valence-electron chi connectivity index (χ0n) is 23.5. The van der Waals surface area contributed by atoms with Crippen molar-refractivity contribution in [1.82, 2.24) is 0 Å². The van der Waals surface area contributed by atoms with Gasteiger partial charge in [0.2, 0.25) is 0 Å². The molecule has 0 aliphatic carbocycles. The molecule has 0 atom stereocenters. The van der Waals surface area contributed by atoms with Crippen molar-refractivity contribution in [2.75, 3.05) is 39.6 Å². The number of carbonyl (C=O) groups is 3. The van der Waals surface area contributed by atoms with E-state index >= 15 is 0 Å². The fraction of sp³-hybridized carbons (Fsp3) is 0.885. The van der Waals surface area contributed by atoms with Crippen LogP contribution >= 0.6 is 0 Å². The van der Waals surface area contributed by atoms with Crippen molar-refractivity contribution < 1.29 is 42.8 Å². The number of carbonyl (C=O) groups excluding carboxylic acids is 3. The molecule has 0 aliphatic rings. The largest absolute Gasteiger partial charge is 0.460 e. The van der Waals surface area contributed by atoms with Gasteiger partial charge >= 0.3 is 17.9 Å². The van der Waals surface area contributed by atoms with E-state index in [1.807, 2.05) is 69.2 Å². The molecular weight excluding hydrogens is 456 g/mol. The second-order valence-corrected chi connectivity index (χ2v) is 12.0. The van der Waals surface area contributed by atoms with Crippen LogP contribution in [0.3, 0.4) is 0 Å². The van der Waals surface area contributed by atoms with Crippen LogP contribution in [0.1, 0.15) is 88.5 Å². The molecule has 0 bridgehead atoms. The third-order valence-corrected chi connectivity index (χ3v) is 3.96. The Labute approximate surface area is 211 Å².